The predicted octanol–water partition coefficient (Wildman–Crippen LogP) is 2.21. The number of rotatable bonds is 1. The number of aliphatic hydroxyl groups excluding tert-OH is 1. The van der Waals surface area contributed by atoms with Crippen molar-refractivity contribution >= 4 is 0 Å². The molecular formula is C9H5F4NO. The SMILES string of the molecule is N#Cc1cc(C(F)(F)F)cc(CO)c1F. The van der Waals surface area contributed by atoms with E-state index in [4.69, 9.17) is 10.4 Å². The van der Waals surface area contributed by atoms with Gasteiger partial charge in [-0.25, -0.2) is 4.39 Å². The summed E-state index contributed by atoms with van der Waals surface area (Å²) in [6.45, 7) is -0.884. The first-order valence-corrected chi connectivity index (χ1v) is 3.80. The average molecular weight is 219 g/mol. The van der Waals surface area contributed by atoms with Gasteiger partial charge in [-0.15, -0.1) is 0 Å². The fourth-order valence-corrected chi connectivity index (χ4v) is 1.04. The van der Waals surface area contributed by atoms with Gasteiger partial charge in [0.25, 0.3) is 0 Å². The highest BCUT2D eigenvalue weighted by atomic mass is 19.4. The summed E-state index contributed by atoms with van der Waals surface area (Å²) in [5, 5.41) is 17.0. The van der Waals surface area contributed by atoms with Gasteiger partial charge >= 0.3 is 6.18 Å². The van der Waals surface area contributed by atoms with Crippen molar-refractivity contribution in [1.82, 2.24) is 0 Å². The molecule has 80 valence electrons. The molecule has 0 radical (unpaired) electrons. The van der Waals surface area contributed by atoms with Gasteiger partial charge in [-0.2, -0.15) is 18.4 Å². The van der Waals surface area contributed by atoms with Crippen molar-refractivity contribution in [2.24, 2.45) is 0 Å². The predicted molar refractivity (Wildman–Crippen MR) is 42.0 cm³/mol. The van der Waals surface area contributed by atoms with Crippen molar-refractivity contribution in [2.75, 3.05) is 0 Å². The number of aliphatic hydroxyl groups is 1. The number of hydrogen-bond acceptors (Lipinski definition) is 2. The first-order chi connectivity index (χ1) is 6.90. The van der Waals surface area contributed by atoms with Crippen molar-refractivity contribution in [2.45, 2.75) is 12.8 Å². The van der Waals surface area contributed by atoms with Crippen LogP contribution >= 0.6 is 0 Å². The molecule has 0 heterocycles. The molecule has 0 amide bonds. The van der Waals surface area contributed by atoms with E-state index in [1.807, 2.05) is 0 Å². The van der Waals surface area contributed by atoms with Crippen LogP contribution in [0.5, 0.6) is 0 Å². The third-order valence-corrected chi connectivity index (χ3v) is 1.77. The number of benzene rings is 1. The van der Waals surface area contributed by atoms with E-state index in [1.54, 1.807) is 0 Å². The number of hydrogen-bond donors (Lipinski definition) is 1. The number of halogens is 4. The number of nitriles is 1. The lowest BCUT2D eigenvalue weighted by Gasteiger charge is -2.09. The molecule has 0 atom stereocenters. The normalized spacial score (nSPS) is 11.2. The maximum Gasteiger partial charge on any atom is 0.416 e. The van der Waals surface area contributed by atoms with E-state index in [9.17, 15) is 17.6 Å². The highest BCUT2D eigenvalue weighted by molar-refractivity contribution is 5.40. The van der Waals surface area contributed by atoms with E-state index in [0.717, 1.165) is 0 Å². The molecule has 0 aliphatic carbocycles. The van der Waals surface area contributed by atoms with Crippen molar-refractivity contribution in [3.63, 3.8) is 0 Å². The summed E-state index contributed by atoms with van der Waals surface area (Å²) in [4.78, 5) is 0. The molecule has 0 saturated carbocycles. The zero-order valence-corrected chi connectivity index (χ0v) is 7.27. The molecule has 1 N–H and O–H groups in total. The highest BCUT2D eigenvalue weighted by Crippen LogP contribution is 2.31. The summed E-state index contributed by atoms with van der Waals surface area (Å²) in [5.41, 5.74) is -2.42. The maximum absolute atomic E-state index is 13.1. The Kier molecular flexibility index (Phi) is 2.95. The molecule has 1 rings (SSSR count). The van der Waals surface area contributed by atoms with Gasteiger partial charge in [0.1, 0.15) is 11.9 Å². The monoisotopic (exact) mass is 219 g/mol. The summed E-state index contributed by atoms with van der Waals surface area (Å²) < 4.78 is 49.8. The van der Waals surface area contributed by atoms with Gasteiger partial charge in [-0.1, -0.05) is 0 Å². The summed E-state index contributed by atoms with van der Waals surface area (Å²) in [7, 11) is 0. The minimum Gasteiger partial charge on any atom is -0.392 e. The quantitative estimate of drug-likeness (QED) is 0.736. The molecule has 6 heteroatoms. The number of alkyl halides is 3. The zero-order valence-electron chi connectivity index (χ0n) is 7.27. The molecule has 0 fully saturated rings. The van der Waals surface area contributed by atoms with E-state index in [2.05, 4.69) is 0 Å². The van der Waals surface area contributed by atoms with Gasteiger partial charge in [0.15, 0.2) is 0 Å². The van der Waals surface area contributed by atoms with Gasteiger partial charge < -0.3 is 5.11 Å². The smallest absolute Gasteiger partial charge is 0.392 e. The minimum absolute atomic E-state index is 0.411. The zero-order chi connectivity index (χ0) is 11.6. The minimum atomic E-state index is -4.66. The molecule has 0 aromatic heterocycles. The van der Waals surface area contributed by atoms with Crippen molar-refractivity contribution < 1.29 is 22.7 Å². The van der Waals surface area contributed by atoms with Gasteiger partial charge in [-0.05, 0) is 12.1 Å². The Balaban J connectivity index is 3.42. The Hall–Kier alpha value is -1.61. The lowest BCUT2D eigenvalue weighted by atomic mass is 10.1. The van der Waals surface area contributed by atoms with Crippen LogP contribution in [0.3, 0.4) is 0 Å². The van der Waals surface area contributed by atoms with Crippen LogP contribution in [-0.2, 0) is 12.8 Å². The van der Waals surface area contributed by atoms with E-state index >= 15 is 0 Å². The van der Waals surface area contributed by atoms with E-state index in [1.165, 1.54) is 6.07 Å². The standard InChI is InChI=1S/C9H5F4NO/c10-8-5(3-14)1-7(9(11,12)13)2-6(8)4-15/h1-2,15H,4H2. The maximum atomic E-state index is 13.1. The fraction of sp³-hybridized carbons (Fsp3) is 0.222. The molecule has 1 aromatic carbocycles. The van der Waals surface area contributed by atoms with Crippen molar-refractivity contribution in [1.29, 1.82) is 5.26 Å². The average Bonchev–Trinajstić information content (AvgIpc) is 2.16. The fourth-order valence-electron chi connectivity index (χ4n) is 1.04. The summed E-state index contributed by atoms with van der Waals surface area (Å²) >= 11 is 0. The van der Waals surface area contributed by atoms with Crippen LogP contribution in [-0.4, -0.2) is 5.11 Å². The lowest BCUT2D eigenvalue weighted by molar-refractivity contribution is -0.137. The van der Waals surface area contributed by atoms with E-state index in [0.29, 0.717) is 12.1 Å². The van der Waals surface area contributed by atoms with E-state index in [-0.39, 0.29) is 0 Å². The molecular weight excluding hydrogens is 214 g/mol. The van der Waals surface area contributed by atoms with Gasteiger partial charge in [0.05, 0.1) is 17.7 Å². The largest absolute Gasteiger partial charge is 0.416 e. The third kappa shape index (κ3) is 2.25. The first kappa shape index (κ1) is 11.5. The molecule has 0 spiro atoms. The third-order valence-electron chi connectivity index (χ3n) is 1.77. The first-order valence-electron chi connectivity index (χ1n) is 3.80. The molecule has 2 nitrogen and oxygen atoms in total. The highest BCUT2D eigenvalue weighted by Gasteiger charge is 2.32. The Morgan fingerprint density at radius 1 is 1.33 bits per heavy atom. The Morgan fingerprint density at radius 2 is 1.93 bits per heavy atom. The van der Waals surface area contributed by atoms with Gasteiger partial charge in [0, 0.05) is 5.56 Å². The molecule has 15 heavy (non-hydrogen) atoms. The van der Waals surface area contributed by atoms with Crippen molar-refractivity contribution in [3.05, 3.63) is 34.6 Å². The second-order valence-corrected chi connectivity index (χ2v) is 2.76. The molecule has 1 aromatic rings. The van der Waals surface area contributed by atoms with Crippen LogP contribution in [0.25, 0.3) is 0 Å². The summed E-state index contributed by atoms with van der Waals surface area (Å²) in [6, 6.07) is 2.19. The molecule has 0 aliphatic rings. The van der Waals surface area contributed by atoms with Crippen LogP contribution < -0.4 is 0 Å². The summed E-state index contributed by atoms with van der Waals surface area (Å²) in [5.74, 6) is -1.12. The van der Waals surface area contributed by atoms with Gasteiger partial charge in [0.2, 0.25) is 0 Å². The van der Waals surface area contributed by atoms with Crippen LogP contribution in [0.15, 0.2) is 12.1 Å². The number of nitrogens with zero attached hydrogens (tertiary/aromatic N) is 1. The summed E-state index contributed by atoms with van der Waals surface area (Å²) in [6.07, 6.45) is -4.66. The molecule has 0 bridgehead atoms. The second kappa shape index (κ2) is 3.87. The second-order valence-electron chi connectivity index (χ2n) is 2.76. The van der Waals surface area contributed by atoms with Crippen LogP contribution in [0, 0.1) is 17.1 Å². The molecule has 0 unspecified atom stereocenters. The van der Waals surface area contributed by atoms with E-state index < -0.39 is 35.3 Å². The Morgan fingerprint density at radius 3 is 2.33 bits per heavy atom. The molecule has 0 saturated heterocycles. The lowest BCUT2D eigenvalue weighted by Crippen LogP contribution is -2.08. The van der Waals surface area contributed by atoms with Crippen LogP contribution in [0.4, 0.5) is 17.6 Å². The van der Waals surface area contributed by atoms with Crippen molar-refractivity contribution in [3.8, 4) is 6.07 Å². The topological polar surface area (TPSA) is 44.0 Å². The molecule has 0 aliphatic heterocycles. The van der Waals surface area contributed by atoms with Crippen LogP contribution in [0.2, 0.25) is 0 Å². The Bertz CT molecular complexity index is 419. The Labute approximate surface area is 82.4 Å². The van der Waals surface area contributed by atoms with Gasteiger partial charge in [-0.3, -0.25) is 0 Å². The van der Waals surface area contributed by atoms with Crippen LogP contribution in [0.1, 0.15) is 16.7 Å².